The number of fused-ring (bicyclic) bond motifs is 1. The molecule has 1 aliphatic rings. The van der Waals surface area contributed by atoms with Gasteiger partial charge in [0.25, 0.3) is 5.91 Å². The van der Waals surface area contributed by atoms with Gasteiger partial charge in [-0.25, -0.2) is 4.79 Å². The molecule has 0 saturated carbocycles. The molecule has 0 radical (unpaired) electrons. The highest BCUT2D eigenvalue weighted by Crippen LogP contribution is 2.31. The second-order valence-electron chi connectivity index (χ2n) is 7.08. The van der Waals surface area contributed by atoms with Crippen LogP contribution in [0, 0.1) is 5.92 Å². The summed E-state index contributed by atoms with van der Waals surface area (Å²) >= 11 is 0. The summed E-state index contributed by atoms with van der Waals surface area (Å²) in [6, 6.07) is 12.1. The van der Waals surface area contributed by atoms with Crippen molar-refractivity contribution >= 4 is 29.2 Å². The molecule has 1 N–H and O–H groups in total. The molecule has 0 atom stereocenters. The van der Waals surface area contributed by atoms with E-state index in [1.165, 1.54) is 7.11 Å². The molecule has 6 nitrogen and oxygen atoms in total. The molecule has 2 aromatic rings. The summed E-state index contributed by atoms with van der Waals surface area (Å²) in [6.45, 7) is 4.50. The Bertz CT molecular complexity index is 921. The van der Waals surface area contributed by atoms with Crippen LogP contribution in [0.3, 0.4) is 0 Å². The van der Waals surface area contributed by atoms with Crippen LogP contribution in [0.2, 0.25) is 0 Å². The van der Waals surface area contributed by atoms with Crippen molar-refractivity contribution in [3.05, 3.63) is 59.2 Å². The second-order valence-corrected chi connectivity index (χ2v) is 7.08. The van der Waals surface area contributed by atoms with E-state index in [1.807, 2.05) is 30.9 Å². The minimum absolute atomic E-state index is 0.0693. The third-order valence-electron chi connectivity index (χ3n) is 4.79. The van der Waals surface area contributed by atoms with Crippen LogP contribution >= 0.6 is 0 Å². The van der Waals surface area contributed by atoms with Crippen molar-refractivity contribution in [1.29, 1.82) is 0 Å². The molecule has 146 valence electrons. The monoisotopic (exact) mass is 380 g/mol. The molecule has 0 saturated heterocycles. The Morgan fingerprint density at radius 1 is 1.07 bits per heavy atom. The van der Waals surface area contributed by atoms with Gasteiger partial charge in [-0.15, -0.1) is 0 Å². The molecule has 0 unspecified atom stereocenters. The smallest absolute Gasteiger partial charge is 0.338 e. The average molecular weight is 380 g/mol. The summed E-state index contributed by atoms with van der Waals surface area (Å²) in [5.74, 6) is -0.907. The van der Waals surface area contributed by atoms with Crippen LogP contribution in [0.1, 0.15) is 46.5 Å². The van der Waals surface area contributed by atoms with E-state index in [1.54, 1.807) is 30.3 Å². The van der Waals surface area contributed by atoms with Gasteiger partial charge in [0.05, 0.1) is 18.2 Å². The van der Waals surface area contributed by atoms with Crippen LogP contribution in [0.4, 0.5) is 11.4 Å². The van der Waals surface area contributed by atoms with E-state index in [4.69, 9.17) is 4.74 Å². The standard InChI is InChI=1S/C22H24N2O4/c1-14(2)21(26)24-12-6-7-15-13-16(10-11-19(15)24)23-20(25)17-8-4-5-9-18(17)22(27)28-3/h4-5,8-11,13-14H,6-7,12H2,1-3H3,(H,23,25). The van der Waals surface area contributed by atoms with Crippen molar-refractivity contribution in [2.75, 3.05) is 23.9 Å². The van der Waals surface area contributed by atoms with E-state index in [0.29, 0.717) is 12.2 Å². The van der Waals surface area contributed by atoms with E-state index in [0.717, 1.165) is 24.1 Å². The molecular weight excluding hydrogens is 356 g/mol. The number of rotatable bonds is 4. The normalized spacial score (nSPS) is 13.1. The first-order valence-corrected chi connectivity index (χ1v) is 9.35. The number of esters is 1. The van der Waals surface area contributed by atoms with Gasteiger partial charge in [0.15, 0.2) is 0 Å². The molecule has 0 fully saturated rings. The lowest BCUT2D eigenvalue weighted by molar-refractivity contribution is -0.121. The van der Waals surface area contributed by atoms with E-state index in [2.05, 4.69) is 5.32 Å². The molecule has 0 aromatic heterocycles. The predicted octanol–water partition coefficient (Wildman–Crippen LogP) is 3.66. The van der Waals surface area contributed by atoms with Crippen molar-refractivity contribution in [2.24, 2.45) is 5.92 Å². The molecular formula is C22H24N2O4. The fraction of sp³-hybridized carbons (Fsp3) is 0.318. The largest absolute Gasteiger partial charge is 0.465 e. The van der Waals surface area contributed by atoms with Crippen molar-refractivity contribution in [3.8, 4) is 0 Å². The average Bonchev–Trinajstić information content (AvgIpc) is 2.71. The van der Waals surface area contributed by atoms with Crippen molar-refractivity contribution in [1.82, 2.24) is 0 Å². The van der Waals surface area contributed by atoms with E-state index in [-0.39, 0.29) is 28.9 Å². The number of nitrogens with one attached hydrogen (secondary N) is 1. The van der Waals surface area contributed by atoms with Crippen molar-refractivity contribution in [2.45, 2.75) is 26.7 Å². The molecule has 0 aliphatic carbocycles. The minimum Gasteiger partial charge on any atom is -0.465 e. The van der Waals surface area contributed by atoms with E-state index >= 15 is 0 Å². The van der Waals surface area contributed by atoms with Gasteiger partial charge < -0.3 is 15.0 Å². The third-order valence-corrected chi connectivity index (χ3v) is 4.79. The zero-order valence-electron chi connectivity index (χ0n) is 16.3. The van der Waals surface area contributed by atoms with Gasteiger partial charge in [-0.2, -0.15) is 0 Å². The second kappa shape index (κ2) is 8.25. The molecule has 1 heterocycles. The lowest BCUT2D eigenvalue weighted by Crippen LogP contribution is -2.38. The van der Waals surface area contributed by atoms with Gasteiger partial charge in [0.2, 0.25) is 5.91 Å². The quantitative estimate of drug-likeness (QED) is 0.822. The molecule has 2 aromatic carbocycles. The maximum absolute atomic E-state index is 12.7. The van der Waals surface area contributed by atoms with E-state index in [9.17, 15) is 14.4 Å². The number of hydrogen-bond donors (Lipinski definition) is 1. The molecule has 0 bridgehead atoms. The fourth-order valence-electron chi connectivity index (χ4n) is 3.38. The SMILES string of the molecule is COC(=O)c1ccccc1C(=O)Nc1ccc2c(c1)CCCN2C(=O)C(C)C. The number of methoxy groups -OCH3 is 1. The van der Waals surface area contributed by atoms with Gasteiger partial charge in [0, 0.05) is 23.8 Å². The molecule has 1 aliphatic heterocycles. The number of nitrogens with zero attached hydrogens (tertiary/aromatic N) is 1. The maximum Gasteiger partial charge on any atom is 0.338 e. The van der Waals surface area contributed by atoms with Crippen LogP contribution in [-0.4, -0.2) is 31.4 Å². The summed E-state index contributed by atoms with van der Waals surface area (Å²) < 4.78 is 4.75. The molecule has 6 heteroatoms. The minimum atomic E-state index is -0.556. The number of ether oxygens (including phenoxy) is 1. The molecule has 3 rings (SSSR count). The lowest BCUT2D eigenvalue weighted by Gasteiger charge is -2.31. The number of carbonyl (C=O) groups excluding carboxylic acids is 3. The highest BCUT2D eigenvalue weighted by molar-refractivity contribution is 6.11. The zero-order valence-corrected chi connectivity index (χ0v) is 16.3. The summed E-state index contributed by atoms with van der Waals surface area (Å²) in [5, 5.41) is 2.84. The number of carbonyl (C=O) groups is 3. The van der Waals surface area contributed by atoms with Crippen LogP contribution in [0.25, 0.3) is 0 Å². The third kappa shape index (κ3) is 3.91. The number of hydrogen-bond acceptors (Lipinski definition) is 4. The highest BCUT2D eigenvalue weighted by Gasteiger charge is 2.25. The number of amides is 2. The van der Waals surface area contributed by atoms with Gasteiger partial charge in [0.1, 0.15) is 0 Å². The van der Waals surface area contributed by atoms with Crippen molar-refractivity contribution in [3.63, 3.8) is 0 Å². The molecule has 0 spiro atoms. The summed E-state index contributed by atoms with van der Waals surface area (Å²) in [6.07, 6.45) is 1.73. The Morgan fingerprint density at radius 2 is 1.79 bits per heavy atom. The van der Waals surface area contributed by atoms with Gasteiger partial charge in [-0.1, -0.05) is 26.0 Å². The number of benzene rings is 2. The Balaban J connectivity index is 1.84. The predicted molar refractivity (Wildman–Crippen MR) is 108 cm³/mol. The van der Waals surface area contributed by atoms with Gasteiger partial charge in [-0.05, 0) is 48.7 Å². The number of aryl methyl sites for hydroxylation is 1. The number of anilines is 2. The maximum atomic E-state index is 12.7. The summed E-state index contributed by atoms with van der Waals surface area (Å²) in [7, 11) is 1.28. The first-order chi connectivity index (χ1) is 13.4. The van der Waals surface area contributed by atoms with Gasteiger partial charge >= 0.3 is 5.97 Å². The Morgan fingerprint density at radius 3 is 2.46 bits per heavy atom. The molecule has 28 heavy (non-hydrogen) atoms. The summed E-state index contributed by atoms with van der Waals surface area (Å²) in [4.78, 5) is 38.9. The molecule has 2 amide bonds. The highest BCUT2D eigenvalue weighted by atomic mass is 16.5. The Labute approximate surface area is 164 Å². The lowest BCUT2D eigenvalue weighted by atomic mass is 9.99. The summed E-state index contributed by atoms with van der Waals surface area (Å²) in [5.41, 5.74) is 3.03. The van der Waals surface area contributed by atoms with Crippen molar-refractivity contribution < 1.29 is 19.1 Å². The van der Waals surface area contributed by atoms with Crippen LogP contribution in [0.5, 0.6) is 0 Å². The van der Waals surface area contributed by atoms with Crippen LogP contribution in [0.15, 0.2) is 42.5 Å². The first kappa shape index (κ1) is 19.6. The Hall–Kier alpha value is -3.15. The Kier molecular flexibility index (Phi) is 5.78. The van der Waals surface area contributed by atoms with E-state index < -0.39 is 5.97 Å². The van der Waals surface area contributed by atoms with Crippen LogP contribution in [-0.2, 0) is 16.0 Å². The zero-order chi connectivity index (χ0) is 20.3. The topological polar surface area (TPSA) is 75.7 Å². The van der Waals surface area contributed by atoms with Gasteiger partial charge in [-0.3, -0.25) is 9.59 Å². The van der Waals surface area contributed by atoms with Crippen LogP contribution < -0.4 is 10.2 Å². The first-order valence-electron chi connectivity index (χ1n) is 9.35. The fourth-order valence-corrected chi connectivity index (χ4v) is 3.38.